The third-order valence-corrected chi connectivity index (χ3v) is 6.12. The van der Waals surface area contributed by atoms with Crippen molar-refractivity contribution in [3.05, 3.63) is 27.2 Å². The second kappa shape index (κ2) is 8.10. The van der Waals surface area contributed by atoms with Gasteiger partial charge >= 0.3 is 0 Å². The van der Waals surface area contributed by atoms with Crippen LogP contribution in [0.3, 0.4) is 0 Å². The van der Waals surface area contributed by atoms with Gasteiger partial charge in [0.2, 0.25) is 0 Å². The predicted octanol–water partition coefficient (Wildman–Crippen LogP) is 3.22. The van der Waals surface area contributed by atoms with Gasteiger partial charge in [0.05, 0.1) is 10.7 Å². The number of halogens is 1. The smallest absolute Gasteiger partial charge is 0.180 e. The number of aromatic nitrogens is 2. The minimum Gasteiger partial charge on any atom is -0.375 e. The van der Waals surface area contributed by atoms with E-state index in [1.165, 1.54) is 15.6 Å². The van der Waals surface area contributed by atoms with E-state index < -0.39 is 0 Å². The van der Waals surface area contributed by atoms with Gasteiger partial charge in [-0.3, -0.25) is 9.80 Å². The maximum atomic E-state index is 5.70. The van der Waals surface area contributed by atoms with Crippen LogP contribution < -0.4 is 5.73 Å². The van der Waals surface area contributed by atoms with Gasteiger partial charge in [-0.25, -0.2) is 9.97 Å². The molecular weight excluding hydrogens is 362 g/mol. The Morgan fingerprint density at radius 1 is 1.12 bits per heavy atom. The maximum absolute atomic E-state index is 5.70. The van der Waals surface area contributed by atoms with Crippen LogP contribution in [0.5, 0.6) is 0 Å². The number of piperazine rings is 1. The van der Waals surface area contributed by atoms with E-state index in [0.29, 0.717) is 5.13 Å². The van der Waals surface area contributed by atoms with Crippen LogP contribution in [-0.4, -0.2) is 45.9 Å². The Balaban J connectivity index is 0.00000208. The molecular formula is C16H26ClN5S2. The lowest BCUT2D eigenvalue weighted by Crippen LogP contribution is -2.45. The summed E-state index contributed by atoms with van der Waals surface area (Å²) in [5.41, 5.74) is 7.06. The third-order valence-electron chi connectivity index (χ3n) is 3.99. The van der Waals surface area contributed by atoms with Crippen molar-refractivity contribution in [2.24, 2.45) is 0 Å². The number of hydrogen-bond acceptors (Lipinski definition) is 7. The van der Waals surface area contributed by atoms with Crippen LogP contribution in [0.2, 0.25) is 0 Å². The van der Waals surface area contributed by atoms with E-state index in [1.54, 1.807) is 22.7 Å². The Bertz CT molecular complexity index is 641. The van der Waals surface area contributed by atoms with E-state index in [0.717, 1.165) is 39.3 Å². The fourth-order valence-electron chi connectivity index (χ4n) is 2.67. The van der Waals surface area contributed by atoms with Crippen LogP contribution in [0.15, 0.2) is 11.6 Å². The molecule has 0 amide bonds. The van der Waals surface area contributed by atoms with Crippen LogP contribution in [0.1, 0.15) is 36.3 Å². The monoisotopic (exact) mass is 387 g/mol. The molecule has 1 fully saturated rings. The number of nitrogen functional groups attached to an aromatic ring is 1. The third kappa shape index (κ3) is 5.13. The highest BCUT2D eigenvalue weighted by molar-refractivity contribution is 7.15. The molecule has 24 heavy (non-hydrogen) atoms. The van der Waals surface area contributed by atoms with Crippen molar-refractivity contribution in [3.8, 4) is 0 Å². The molecule has 0 aromatic carbocycles. The predicted molar refractivity (Wildman–Crippen MR) is 105 cm³/mol. The first-order valence-electron chi connectivity index (χ1n) is 8.00. The molecule has 2 aromatic rings. The van der Waals surface area contributed by atoms with E-state index in [-0.39, 0.29) is 17.8 Å². The first kappa shape index (κ1) is 19.6. The summed E-state index contributed by atoms with van der Waals surface area (Å²) < 4.78 is 0. The molecule has 2 N–H and O–H groups in total. The SMILES string of the molecule is CC(C)(C)c1nc(CN2CCN(Cc3cnc(N)s3)CC2)cs1.Cl. The van der Waals surface area contributed by atoms with Crippen LogP contribution in [0.4, 0.5) is 5.13 Å². The summed E-state index contributed by atoms with van der Waals surface area (Å²) >= 11 is 3.38. The van der Waals surface area contributed by atoms with E-state index in [4.69, 9.17) is 10.7 Å². The Morgan fingerprint density at radius 2 is 1.75 bits per heavy atom. The lowest BCUT2D eigenvalue weighted by atomic mass is 9.98. The molecule has 2 aromatic heterocycles. The lowest BCUT2D eigenvalue weighted by Gasteiger charge is -2.34. The molecule has 0 atom stereocenters. The minimum absolute atomic E-state index is 0. The second-order valence-corrected chi connectivity index (χ2v) is 9.12. The topological polar surface area (TPSA) is 58.3 Å². The summed E-state index contributed by atoms with van der Waals surface area (Å²) in [7, 11) is 0. The van der Waals surface area contributed by atoms with Crippen LogP contribution in [0, 0.1) is 0 Å². The van der Waals surface area contributed by atoms with Gasteiger partial charge in [0.25, 0.3) is 0 Å². The molecule has 1 aliphatic rings. The highest BCUT2D eigenvalue weighted by Crippen LogP contribution is 2.26. The molecule has 0 aliphatic carbocycles. The zero-order chi connectivity index (χ0) is 16.4. The summed E-state index contributed by atoms with van der Waals surface area (Å²) in [5.74, 6) is 0. The fraction of sp³-hybridized carbons (Fsp3) is 0.625. The lowest BCUT2D eigenvalue weighted by molar-refractivity contribution is 0.122. The highest BCUT2D eigenvalue weighted by atomic mass is 35.5. The van der Waals surface area contributed by atoms with Gasteiger partial charge in [-0.15, -0.1) is 35.1 Å². The fourth-order valence-corrected chi connectivity index (χ4v) is 4.30. The first-order valence-corrected chi connectivity index (χ1v) is 9.69. The quantitative estimate of drug-likeness (QED) is 0.872. The van der Waals surface area contributed by atoms with Crippen molar-refractivity contribution in [1.82, 2.24) is 19.8 Å². The van der Waals surface area contributed by atoms with Gasteiger partial charge in [0.15, 0.2) is 5.13 Å². The van der Waals surface area contributed by atoms with Crippen molar-refractivity contribution in [1.29, 1.82) is 0 Å². The Morgan fingerprint density at radius 3 is 2.25 bits per heavy atom. The van der Waals surface area contributed by atoms with Crippen LogP contribution in [-0.2, 0) is 18.5 Å². The molecule has 1 aliphatic heterocycles. The molecule has 1 saturated heterocycles. The van der Waals surface area contributed by atoms with Gasteiger partial charge in [-0.2, -0.15) is 0 Å². The van der Waals surface area contributed by atoms with Crippen molar-refractivity contribution in [2.75, 3.05) is 31.9 Å². The molecule has 3 rings (SSSR count). The number of hydrogen-bond donors (Lipinski definition) is 1. The van der Waals surface area contributed by atoms with Crippen molar-refractivity contribution >= 4 is 40.2 Å². The number of rotatable bonds is 4. The largest absolute Gasteiger partial charge is 0.375 e. The second-order valence-electron chi connectivity index (χ2n) is 7.11. The summed E-state index contributed by atoms with van der Waals surface area (Å²) in [4.78, 5) is 15.2. The minimum atomic E-state index is 0. The van der Waals surface area contributed by atoms with E-state index in [9.17, 15) is 0 Å². The number of nitrogens with two attached hydrogens (primary N) is 1. The average molecular weight is 388 g/mol. The van der Waals surface area contributed by atoms with Gasteiger partial charge in [-0.05, 0) is 0 Å². The van der Waals surface area contributed by atoms with Crippen molar-refractivity contribution in [2.45, 2.75) is 39.3 Å². The van der Waals surface area contributed by atoms with E-state index >= 15 is 0 Å². The van der Waals surface area contributed by atoms with Gasteiger partial charge < -0.3 is 5.73 Å². The molecule has 134 valence electrons. The Kier molecular flexibility index (Phi) is 6.61. The van der Waals surface area contributed by atoms with Gasteiger partial charge in [0.1, 0.15) is 0 Å². The standard InChI is InChI=1S/C16H25N5S2.ClH/c1-16(2,3)14-19-12(11-22-14)9-20-4-6-21(7-5-20)10-13-8-18-15(17)23-13;/h8,11H,4-7,9-10H2,1-3H3,(H2,17,18);1H. The highest BCUT2D eigenvalue weighted by Gasteiger charge is 2.21. The molecule has 0 spiro atoms. The Labute approximate surface area is 158 Å². The Hall–Kier alpha value is -0.730. The zero-order valence-electron chi connectivity index (χ0n) is 14.5. The molecule has 0 saturated carbocycles. The number of thiazole rings is 2. The van der Waals surface area contributed by atoms with E-state index in [1.807, 2.05) is 6.20 Å². The molecule has 0 radical (unpaired) electrons. The zero-order valence-corrected chi connectivity index (χ0v) is 16.9. The normalized spacial score (nSPS) is 17.0. The van der Waals surface area contributed by atoms with Gasteiger partial charge in [-0.1, -0.05) is 20.8 Å². The average Bonchev–Trinajstić information content (AvgIpc) is 3.10. The summed E-state index contributed by atoms with van der Waals surface area (Å²) in [6, 6.07) is 0. The van der Waals surface area contributed by atoms with Gasteiger partial charge in [0, 0.05) is 61.1 Å². The van der Waals surface area contributed by atoms with Crippen LogP contribution in [0.25, 0.3) is 0 Å². The van der Waals surface area contributed by atoms with Crippen LogP contribution >= 0.6 is 35.1 Å². The van der Waals surface area contributed by atoms with Crippen molar-refractivity contribution in [3.63, 3.8) is 0 Å². The molecule has 8 heteroatoms. The summed E-state index contributed by atoms with van der Waals surface area (Å²) in [6.07, 6.45) is 1.90. The first-order chi connectivity index (χ1) is 10.9. The maximum Gasteiger partial charge on any atom is 0.180 e. The number of nitrogens with zero attached hydrogens (tertiary/aromatic N) is 4. The number of anilines is 1. The van der Waals surface area contributed by atoms with Crippen molar-refractivity contribution < 1.29 is 0 Å². The molecule has 0 bridgehead atoms. The summed E-state index contributed by atoms with van der Waals surface area (Å²) in [6.45, 7) is 13.0. The molecule has 3 heterocycles. The van der Waals surface area contributed by atoms with E-state index in [2.05, 4.69) is 40.9 Å². The molecule has 0 unspecified atom stereocenters. The summed E-state index contributed by atoms with van der Waals surface area (Å²) in [5, 5.41) is 4.11. The molecule has 5 nitrogen and oxygen atoms in total.